The summed E-state index contributed by atoms with van der Waals surface area (Å²) in [6.45, 7) is 2.04. The average molecular weight is 102 g/mol. The molecule has 0 aromatic heterocycles. The predicted molar refractivity (Wildman–Crippen MR) is 26.8 cm³/mol. The fraction of sp³-hybridized carbons (Fsp3) is 1.00. The monoisotopic (exact) mass is 102 g/mol. The molecule has 1 aliphatic heterocycles. The van der Waals surface area contributed by atoms with Gasteiger partial charge in [-0.3, -0.25) is 0 Å². The van der Waals surface area contributed by atoms with Crippen LogP contribution in [0.15, 0.2) is 10.2 Å². The average Bonchev–Trinajstić information content (AvgIpc) is 1.86. The van der Waals surface area contributed by atoms with Gasteiger partial charge in [-0.05, 0) is 6.92 Å². The number of thioether (sulfide) groups is 1. The zero-order valence-corrected chi connectivity index (χ0v) is 4.40. The normalized spacial score (nSPS) is 31.8. The topological polar surface area (TPSA) is 24.7 Å². The summed E-state index contributed by atoms with van der Waals surface area (Å²) in [6.07, 6.45) is 0. The highest BCUT2D eigenvalue weighted by atomic mass is 32.2. The minimum Gasteiger partial charge on any atom is -0.182 e. The van der Waals surface area contributed by atoms with Crippen LogP contribution in [0.25, 0.3) is 0 Å². The van der Waals surface area contributed by atoms with E-state index in [1.54, 1.807) is 11.8 Å². The van der Waals surface area contributed by atoms with Crippen molar-refractivity contribution >= 4 is 11.8 Å². The van der Waals surface area contributed by atoms with Gasteiger partial charge in [0.15, 0.2) is 0 Å². The Labute approximate surface area is 41.0 Å². The van der Waals surface area contributed by atoms with Crippen LogP contribution in [0.3, 0.4) is 0 Å². The summed E-state index contributed by atoms with van der Waals surface area (Å²) in [5.74, 6) is 0.862. The first-order valence-corrected chi connectivity index (χ1v) is 2.92. The molecule has 2 nitrogen and oxygen atoms in total. The molecule has 0 fully saturated rings. The molecule has 34 valence electrons. The maximum Gasteiger partial charge on any atom is 0.115 e. The fourth-order valence-electron chi connectivity index (χ4n) is 0.323. The van der Waals surface area contributed by atoms with Gasteiger partial charge in [0.05, 0.1) is 0 Å². The van der Waals surface area contributed by atoms with Crippen LogP contribution < -0.4 is 0 Å². The highest BCUT2D eigenvalue weighted by molar-refractivity contribution is 8.00. The van der Waals surface area contributed by atoms with Crippen molar-refractivity contribution in [3.05, 3.63) is 0 Å². The molecule has 0 saturated carbocycles. The lowest BCUT2D eigenvalue weighted by molar-refractivity contribution is 0.956. The molecule has 6 heavy (non-hydrogen) atoms. The van der Waals surface area contributed by atoms with Crippen molar-refractivity contribution in [2.24, 2.45) is 10.2 Å². The Morgan fingerprint density at radius 3 is 2.83 bits per heavy atom. The third-order valence-corrected chi connectivity index (χ3v) is 1.46. The first-order chi connectivity index (χ1) is 2.89. The van der Waals surface area contributed by atoms with E-state index >= 15 is 0 Å². The molecule has 0 amide bonds. The molecule has 0 N–H and O–H groups in total. The Hall–Kier alpha value is -0.0500. The van der Waals surface area contributed by atoms with Crippen molar-refractivity contribution in [3.8, 4) is 0 Å². The van der Waals surface area contributed by atoms with Gasteiger partial charge in [-0.15, -0.1) is 11.8 Å². The maximum absolute atomic E-state index is 3.82. The third kappa shape index (κ3) is 0.712. The molecule has 3 heteroatoms. The quantitative estimate of drug-likeness (QED) is 0.454. The largest absolute Gasteiger partial charge is 0.182 e. The maximum atomic E-state index is 3.82. The van der Waals surface area contributed by atoms with Gasteiger partial charge in [0.25, 0.3) is 0 Å². The first-order valence-electron chi connectivity index (χ1n) is 1.88. The van der Waals surface area contributed by atoms with E-state index in [2.05, 4.69) is 10.2 Å². The predicted octanol–water partition coefficient (Wildman–Crippen LogP) is 1.49. The van der Waals surface area contributed by atoms with Crippen LogP contribution in [0.1, 0.15) is 6.92 Å². The molecule has 0 aromatic rings. The van der Waals surface area contributed by atoms with Crippen molar-refractivity contribution in [1.29, 1.82) is 0 Å². The lowest BCUT2D eigenvalue weighted by Gasteiger charge is -1.85. The molecule has 0 bridgehead atoms. The van der Waals surface area contributed by atoms with E-state index in [1.807, 2.05) is 6.92 Å². The molecule has 1 rings (SSSR count). The highest BCUT2D eigenvalue weighted by Crippen LogP contribution is 2.17. The molecule has 1 heterocycles. The van der Waals surface area contributed by atoms with Gasteiger partial charge in [0.1, 0.15) is 11.3 Å². The number of nitrogens with zero attached hydrogens (tertiary/aromatic N) is 2. The number of hydrogen-bond donors (Lipinski definition) is 0. The fourth-order valence-corrected chi connectivity index (χ4v) is 0.805. The molecule has 0 aliphatic carbocycles. The van der Waals surface area contributed by atoms with Gasteiger partial charge >= 0.3 is 0 Å². The zero-order valence-electron chi connectivity index (χ0n) is 3.59. The van der Waals surface area contributed by atoms with E-state index < -0.39 is 0 Å². The van der Waals surface area contributed by atoms with E-state index in [0.29, 0.717) is 5.37 Å². The van der Waals surface area contributed by atoms with Crippen LogP contribution in [-0.2, 0) is 0 Å². The lowest BCUT2D eigenvalue weighted by Crippen LogP contribution is -1.79. The van der Waals surface area contributed by atoms with E-state index in [9.17, 15) is 0 Å². The van der Waals surface area contributed by atoms with Crippen molar-refractivity contribution in [1.82, 2.24) is 0 Å². The minimum absolute atomic E-state index is 0.421. The first kappa shape index (κ1) is 4.12. The van der Waals surface area contributed by atoms with E-state index in [0.717, 1.165) is 5.88 Å². The second-order valence-corrected chi connectivity index (χ2v) is 2.43. The molecule has 0 aromatic carbocycles. The molecule has 0 spiro atoms. The minimum atomic E-state index is 0.421. The standard InChI is InChI=1S/C3H6N2S/c1-3-5-4-2-6-3/h3H,2H2,1H3. The van der Waals surface area contributed by atoms with Gasteiger partial charge in [0, 0.05) is 0 Å². The summed E-state index contributed by atoms with van der Waals surface area (Å²) >= 11 is 1.76. The second kappa shape index (κ2) is 1.60. The molecule has 0 saturated heterocycles. The van der Waals surface area contributed by atoms with E-state index in [1.165, 1.54) is 0 Å². The molecule has 1 unspecified atom stereocenters. The number of azo groups is 1. The summed E-state index contributed by atoms with van der Waals surface area (Å²) in [4.78, 5) is 0. The summed E-state index contributed by atoms with van der Waals surface area (Å²) in [5, 5.41) is 8.00. The van der Waals surface area contributed by atoms with Crippen molar-refractivity contribution in [2.45, 2.75) is 12.3 Å². The van der Waals surface area contributed by atoms with Gasteiger partial charge in [-0.2, -0.15) is 10.2 Å². The molecule has 1 atom stereocenters. The van der Waals surface area contributed by atoms with Gasteiger partial charge in [0.2, 0.25) is 0 Å². The summed E-state index contributed by atoms with van der Waals surface area (Å²) in [5.41, 5.74) is 0. The Kier molecular flexibility index (Phi) is 1.10. The van der Waals surface area contributed by atoms with Crippen LogP contribution in [0.4, 0.5) is 0 Å². The Morgan fingerprint density at radius 1 is 1.83 bits per heavy atom. The summed E-state index contributed by atoms with van der Waals surface area (Å²) in [7, 11) is 0. The van der Waals surface area contributed by atoms with Crippen LogP contribution in [0.5, 0.6) is 0 Å². The lowest BCUT2D eigenvalue weighted by atomic mass is 10.8. The molecular weight excluding hydrogens is 96.1 g/mol. The zero-order chi connectivity index (χ0) is 4.41. The van der Waals surface area contributed by atoms with E-state index in [4.69, 9.17) is 0 Å². The third-order valence-electron chi connectivity index (χ3n) is 0.618. The Balaban J connectivity index is 2.38. The number of rotatable bonds is 0. The van der Waals surface area contributed by atoms with Crippen molar-refractivity contribution in [2.75, 3.05) is 5.88 Å². The Morgan fingerprint density at radius 2 is 2.67 bits per heavy atom. The molecule has 0 radical (unpaired) electrons. The van der Waals surface area contributed by atoms with Crippen molar-refractivity contribution < 1.29 is 0 Å². The van der Waals surface area contributed by atoms with Crippen LogP contribution in [0.2, 0.25) is 0 Å². The van der Waals surface area contributed by atoms with Gasteiger partial charge < -0.3 is 0 Å². The van der Waals surface area contributed by atoms with Gasteiger partial charge in [-0.25, -0.2) is 0 Å². The Bertz CT molecular complexity index is 71.2. The van der Waals surface area contributed by atoms with Crippen LogP contribution in [-0.4, -0.2) is 11.3 Å². The van der Waals surface area contributed by atoms with Gasteiger partial charge in [-0.1, -0.05) is 0 Å². The molecular formula is C3H6N2S. The van der Waals surface area contributed by atoms with Crippen LogP contribution in [0, 0.1) is 0 Å². The van der Waals surface area contributed by atoms with Crippen LogP contribution >= 0.6 is 11.8 Å². The summed E-state index contributed by atoms with van der Waals surface area (Å²) in [6, 6.07) is 0. The molecule has 1 aliphatic rings. The highest BCUT2D eigenvalue weighted by Gasteiger charge is 2.02. The van der Waals surface area contributed by atoms with E-state index in [-0.39, 0.29) is 0 Å². The smallest absolute Gasteiger partial charge is 0.115 e. The number of hydrogen-bond acceptors (Lipinski definition) is 3. The van der Waals surface area contributed by atoms with Crippen molar-refractivity contribution in [3.63, 3.8) is 0 Å². The SMILES string of the molecule is CC1N=NCS1. The second-order valence-electron chi connectivity index (χ2n) is 1.15. The summed E-state index contributed by atoms with van der Waals surface area (Å²) < 4.78 is 0.